The molecule has 2 N–H and O–H groups in total. The largest absolute Gasteiger partial charge is 0.365 e. The van der Waals surface area contributed by atoms with Gasteiger partial charge in [-0.1, -0.05) is 37.8 Å². The van der Waals surface area contributed by atoms with Gasteiger partial charge in [-0.3, -0.25) is 9.59 Å². The van der Waals surface area contributed by atoms with Crippen LogP contribution in [0.15, 0.2) is 41.4 Å². The first-order valence-electron chi connectivity index (χ1n) is 5.39. The fourth-order valence-corrected chi connectivity index (χ4v) is 1.14. The zero-order valence-corrected chi connectivity index (χ0v) is 10.3. The van der Waals surface area contributed by atoms with Crippen molar-refractivity contribution in [3.63, 3.8) is 0 Å². The number of carbonyl (C=O) groups excluding carboxylic acids is 2. The summed E-state index contributed by atoms with van der Waals surface area (Å²) in [5, 5.41) is 0. The van der Waals surface area contributed by atoms with Gasteiger partial charge in [0.25, 0.3) is 5.91 Å². The van der Waals surface area contributed by atoms with Crippen molar-refractivity contribution in [2.24, 2.45) is 10.7 Å². The molecular formula is C13H18N2O2. The van der Waals surface area contributed by atoms with Crippen LogP contribution in [0.5, 0.6) is 0 Å². The van der Waals surface area contributed by atoms with Crippen molar-refractivity contribution in [2.45, 2.75) is 26.7 Å². The van der Waals surface area contributed by atoms with E-state index in [2.05, 4.69) is 11.6 Å². The van der Waals surface area contributed by atoms with Crippen molar-refractivity contribution in [1.29, 1.82) is 0 Å². The summed E-state index contributed by atoms with van der Waals surface area (Å²) in [6, 6.07) is 0. The topological polar surface area (TPSA) is 72.5 Å². The Kier molecular flexibility index (Phi) is 7.26. The predicted octanol–water partition coefficient (Wildman–Crippen LogP) is 1.93. The lowest BCUT2D eigenvalue weighted by molar-refractivity contribution is -0.118. The van der Waals surface area contributed by atoms with Gasteiger partial charge in [0.2, 0.25) is 5.91 Å². The molecule has 0 aromatic carbocycles. The van der Waals surface area contributed by atoms with Crippen molar-refractivity contribution in [3.05, 3.63) is 36.5 Å². The van der Waals surface area contributed by atoms with Gasteiger partial charge in [-0.25, -0.2) is 4.99 Å². The number of hydrogen-bond donors (Lipinski definition) is 1. The normalized spacial score (nSPS) is 12.8. The van der Waals surface area contributed by atoms with E-state index in [1.54, 1.807) is 19.1 Å². The van der Waals surface area contributed by atoms with Gasteiger partial charge >= 0.3 is 0 Å². The molecule has 2 amide bonds. The van der Waals surface area contributed by atoms with E-state index in [1.165, 1.54) is 0 Å². The molecule has 0 radical (unpaired) electrons. The highest BCUT2D eigenvalue weighted by atomic mass is 16.2. The second-order valence-electron chi connectivity index (χ2n) is 3.32. The predicted molar refractivity (Wildman–Crippen MR) is 69.6 cm³/mol. The fraction of sp³-hybridized carbons (Fsp3) is 0.308. The van der Waals surface area contributed by atoms with Crippen LogP contribution in [0, 0.1) is 0 Å². The summed E-state index contributed by atoms with van der Waals surface area (Å²) in [6.45, 7) is 7.11. The molecule has 92 valence electrons. The standard InChI is InChI=1S/C13H18N2O2/c1-4-7-10(8-5-2)9-11(13(14)17)15-12(16)6-3/h4-5,7-8H,1,6,9H2,2-3H3,(H2,14,17)/b8-5-,10-7+,15-11?. The highest BCUT2D eigenvalue weighted by Crippen LogP contribution is 2.06. The van der Waals surface area contributed by atoms with Crippen molar-refractivity contribution < 1.29 is 9.59 Å². The molecule has 0 fully saturated rings. The Morgan fingerprint density at radius 3 is 2.47 bits per heavy atom. The molecule has 0 rings (SSSR count). The van der Waals surface area contributed by atoms with Crippen LogP contribution < -0.4 is 5.73 Å². The number of nitrogens with two attached hydrogens (primary N) is 1. The maximum Gasteiger partial charge on any atom is 0.263 e. The molecule has 0 aromatic heterocycles. The Balaban J connectivity index is 5.05. The summed E-state index contributed by atoms with van der Waals surface area (Å²) in [4.78, 5) is 26.0. The van der Waals surface area contributed by atoms with Crippen LogP contribution in [0.3, 0.4) is 0 Å². The summed E-state index contributed by atoms with van der Waals surface area (Å²) in [5.74, 6) is -1.02. The highest BCUT2D eigenvalue weighted by Gasteiger charge is 2.10. The van der Waals surface area contributed by atoms with Crippen LogP contribution in [-0.4, -0.2) is 17.5 Å². The number of primary amides is 1. The van der Waals surface area contributed by atoms with Crippen LogP contribution in [-0.2, 0) is 9.59 Å². The van der Waals surface area contributed by atoms with Gasteiger partial charge < -0.3 is 5.73 Å². The molecule has 0 heterocycles. The molecule has 0 saturated heterocycles. The van der Waals surface area contributed by atoms with Crippen molar-refractivity contribution in [2.75, 3.05) is 0 Å². The molecule has 0 aliphatic heterocycles. The summed E-state index contributed by atoms with van der Waals surface area (Å²) >= 11 is 0. The SMILES string of the molecule is C=C/C=C(\C=C/C)CC(=NC(=O)CC)C(N)=O. The number of amides is 2. The van der Waals surface area contributed by atoms with E-state index in [0.717, 1.165) is 5.57 Å². The van der Waals surface area contributed by atoms with E-state index < -0.39 is 5.91 Å². The molecule has 0 aromatic rings. The number of allylic oxidation sites excluding steroid dienone is 5. The Morgan fingerprint density at radius 2 is 2.06 bits per heavy atom. The molecule has 0 aliphatic rings. The van der Waals surface area contributed by atoms with Gasteiger partial charge in [-0.2, -0.15) is 0 Å². The minimum Gasteiger partial charge on any atom is -0.365 e. The molecule has 4 nitrogen and oxygen atoms in total. The first kappa shape index (κ1) is 15.0. The van der Waals surface area contributed by atoms with Crippen molar-refractivity contribution >= 4 is 17.5 Å². The third-order valence-corrected chi connectivity index (χ3v) is 1.93. The van der Waals surface area contributed by atoms with Gasteiger partial charge in [0.1, 0.15) is 5.71 Å². The molecule has 0 bridgehead atoms. The smallest absolute Gasteiger partial charge is 0.263 e. The van der Waals surface area contributed by atoms with Gasteiger partial charge in [0.15, 0.2) is 0 Å². The maximum absolute atomic E-state index is 11.2. The minimum absolute atomic E-state index is 0.0723. The van der Waals surface area contributed by atoms with Crippen LogP contribution in [0.4, 0.5) is 0 Å². The van der Waals surface area contributed by atoms with E-state index in [9.17, 15) is 9.59 Å². The molecule has 0 saturated carbocycles. The molecule has 0 aliphatic carbocycles. The number of rotatable bonds is 6. The summed E-state index contributed by atoms with van der Waals surface area (Å²) in [6.07, 6.45) is 7.48. The Labute approximate surface area is 102 Å². The second-order valence-corrected chi connectivity index (χ2v) is 3.32. The van der Waals surface area contributed by atoms with Crippen LogP contribution >= 0.6 is 0 Å². The van der Waals surface area contributed by atoms with E-state index in [-0.39, 0.29) is 24.5 Å². The first-order valence-corrected chi connectivity index (χ1v) is 5.39. The van der Waals surface area contributed by atoms with E-state index in [0.29, 0.717) is 0 Å². The second kappa shape index (κ2) is 8.21. The molecule has 0 unspecified atom stereocenters. The van der Waals surface area contributed by atoms with Crippen LogP contribution in [0.25, 0.3) is 0 Å². The molecule has 0 atom stereocenters. The number of hydrogen-bond acceptors (Lipinski definition) is 2. The Bertz CT molecular complexity index is 390. The average molecular weight is 234 g/mol. The van der Waals surface area contributed by atoms with Crippen molar-refractivity contribution in [1.82, 2.24) is 0 Å². The van der Waals surface area contributed by atoms with Gasteiger partial charge in [0, 0.05) is 12.8 Å². The first-order chi connectivity index (χ1) is 8.04. The summed E-state index contributed by atoms with van der Waals surface area (Å²) < 4.78 is 0. The number of aliphatic imine (C=N–C) groups is 1. The number of nitrogens with zero attached hydrogens (tertiary/aromatic N) is 1. The lowest BCUT2D eigenvalue weighted by Gasteiger charge is -2.02. The number of carbonyl (C=O) groups is 2. The third kappa shape index (κ3) is 6.25. The summed E-state index contributed by atoms with van der Waals surface area (Å²) in [7, 11) is 0. The van der Waals surface area contributed by atoms with E-state index >= 15 is 0 Å². The molecular weight excluding hydrogens is 216 g/mol. The molecule has 0 spiro atoms. The zero-order valence-electron chi connectivity index (χ0n) is 10.3. The fourth-order valence-electron chi connectivity index (χ4n) is 1.14. The Morgan fingerprint density at radius 1 is 1.41 bits per heavy atom. The lowest BCUT2D eigenvalue weighted by atomic mass is 10.1. The van der Waals surface area contributed by atoms with Crippen LogP contribution in [0.1, 0.15) is 26.7 Å². The van der Waals surface area contributed by atoms with E-state index in [4.69, 9.17) is 5.73 Å². The average Bonchev–Trinajstić information content (AvgIpc) is 2.28. The minimum atomic E-state index is -0.675. The van der Waals surface area contributed by atoms with Gasteiger partial charge in [-0.15, -0.1) is 0 Å². The van der Waals surface area contributed by atoms with Crippen molar-refractivity contribution in [3.8, 4) is 0 Å². The third-order valence-electron chi connectivity index (χ3n) is 1.93. The highest BCUT2D eigenvalue weighted by molar-refractivity contribution is 6.40. The van der Waals surface area contributed by atoms with Gasteiger partial charge in [-0.05, 0) is 12.5 Å². The Hall–Kier alpha value is -1.97. The summed E-state index contributed by atoms with van der Waals surface area (Å²) in [5.41, 5.74) is 6.08. The van der Waals surface area contributed by atoms with Gasteiger partial charge in [0.05, 0.1) is 0 Å². The quantitative estimate of drug-likeness (QED) is 0.563. The molecule has 17 heavy (non-hydrogen) atoms. The van der Waals surface area contributed by atoms with Crippen LogP contribution in [0.2, 0.25) is 0 Å². The molecule has 4 heteroatoms. The monoisotopic (exact) mass is 234 g/mol. The zero-order chi connectivity index (χ0) is 13.3. The maximum atomic E-state index is 11.2. The lowest BCUT2D eigenvalue weighted by Crippen LogP contribution is -2.24. The van der Waals surface area contributed by atoms with E-state index in [1.807, 2.05) is 19.1 Å².